The van der Waals surface area contributed by atoms with E-state index in [9.17, 15) is 9.90 Å². The van der Waals surface area contributed by atoms with Crippen molar-refractivity contribution in [2.45, 2.75) is 52.4 Å². The van der Waals surface area contributed by atoms with E-state index < -0.39 is 11.7 Å². The van der Waals surface area contributed by atoms with Gasteiger partial charge in [0, 0.05) is 7.05 Å². The van der Waals surface area contributed by atoms with Crippen LogP contribution >= 0.6 is 0 Å². The zero-order chi connectivity index (χ0) is 13.6. The number of ether oxygens (including phenoxy) is 2. The van der Waals surface area contributed by atoms with Crippen molar-refractivity contribution in [3.63, 3.8) is 0 Å². The fraction of sp³-hybridized carbons (Fsp3) is 0.917. The van der Waals surface area contributed by atoms with Gasteiger partial charge in [0.05, 0.1) is 25.4 Å². The maximum Gasteiger partial charge on any atom is 0.410 e. The Hall–Kier alpha value is -0.810. The predicted octanol–water partition coefficient (Wildman–Crippen LogP) is 1.64. The van der Waals surface area contributed by atoms with Crippen LogP contribution in [0.5, 0.6) is 0 Å². The van der Waals surface area contributed by atoms with E-state index >= 15 is 0 Å². The quantitative estimate of drug-likeness (QED) is 0.802. The van der Waals surface area contributed by atoms with E-state index in [1.807, 2.05) is 13.8 Å². The SMILES string of the molecule is CC(C)OCC(CO)N(C)C(=O)OC(C)(C)C. The van der Waals surface area contributed by atoms with Gasteiger partial charge in [-0.2, -0.15) is 0 Å². The Morgan fingerprint density at radius 2 is 1.88 bits per heavy atom. The minimum atomic E-state index is -0.537. The number of likely N-dealkylation sites (N-methyl/N-ethyl adjacent to an activating group) is 1. The van der Waals surface area contributed by atoms with Gasteiger partial charge in [0.25, 0.3) is 0 Å². The second-order valence-electron chi connectivity index (χ2n) is 5.31. The maximum atomic E-state index is 11.7. The number of rotatable bonds is 5. The Kier molecular flexibility index (Phi) is 6.49. The van der Waals surface area contributed by atoms with Crippen LogP contribution in [0.25, 0.3) is 0 Å². The number of nitrogens with zero attached hydrogens (tertiary/aromatic N) is 1. The first-order valence-corrected chi connectivity index (χ1v) is 5.85. The van der Waals surface area contributed by atoms with E-state index in [0.717, 1.165) is 0 Å². The topological polar surface area (TPSA) is 59.0 Å². The standard InChI is InChI=1S/C12H25NO4/c1-9(2)16-8-10(7-14)13(6)11(15)17-12(3,4)5/h9-10,14H,7-8H2,1-6H3. The molecule has 0 aliphatic carbocycles. The first-order valence-electron chi connectivity index (χ1n) is 5.85. The molecule has 1 amide bonds. The van der Waals surface area contributed by atoms with Gasteiger partial charge in [-0.3, -0.25) is 0 Å². The molecule has 0 fully saturated rings. The van der Waals surface area contributed by atoms with Gasteiger partial charge in [-0.15, -0.1) is 0 Å². The normalized spacial score (nSPS) is 13.6. The summed E-state index contributed by atoms with van der Waals surface area (Å²) in [5.41, 5.74) is -0.537. The first-order chi connectivity index (χ1) is 7.67. The van der Waals surface area contributed by atoms with Gasteiger partial charge >= 0.3 is 6.09 Å². The second kappa shape index (κ2) is 6.81. The van der Waals surface area contributed by atoms with Gasteiger partial charge in [0.1, 0.15) is 5.60 Å². The zero-order valence-corrected chi connectivity index (χ0v) is 11.7. The molecule has 0 aliphatic rings. The molecule has 1 N–H and O–H groups in total. The Morgan fingerprint density at radius 3 is 2.24 bits per heavy atom. The average molecular weight is 247 g/mol. The van der Waals surface area contributed by atoms with Crippen LogP contribution in [0.4, 0.5) is 4.79 Å². The highest BCUT2D eigenvalue weighted by atomic mass is 16.6. The molecule has 102 valence electrons. The van der Waals surface area contributed by atoms with Crippen LogP contribution in [0.15, 0.2) is 0 Å². The molecule has 5 heteroatoms. The van der Waals surface area contributed by atoms with Crippen molar-refractivity contribution in [1.82, 2.24) is 4.90 Å². The van der Waals surface area contributed by atoms with E-state index in [1.165, 1.54) is 4.90 Å². The van der Waals surface area contributed by atoms with Crippen LogP contribution in [0, 0.1) is 0 Å². The minimum Gasteiger partial charge on any atom is -0.444 e. The number of aliphatic hydroxyl groups is 1. The lowest BCUT2D eigenvalue weighted by atomic mass is 10.2. The summed E-state index contributed by atoms with van der Waals surface area (Å²) < 4.78 is 10.6. The van der Waals surface area contributed by atoms with Crippen molar-refractivity contribution in [2.24, 2.45) is 0 Å². The van der Waals surface area contributed by atoms with E-state index in [2.05, 4.69) is 0 Å². The molecular weight excluding hydrogens is 222 g/mol. The number of carbonyl (C=O) groups excluding carboxylic acids is 1. The van der Waals surface area contributed by atoms with Crippen molar-refractivity contribution in [3.05, 3.63) is 0 Å². The molecule has 0 aromatic heterocycles. The van der Waals surface area contributed by atoms with Crippen LogP contribution < -0.4 is 0 Å². The zero-order valence-electron chi connectivity index (χ0n) is 11.7. The van der Waals surface area contributed by atoms with E-state index in [-0.39, 0.29) is 18.8 Å². The summed E-state index contributed by atoms with van der Waals surface area (Å²) in [5.74, 6) is 0. The molecule has 1 atom stereocenters. The number of hydrogen-bond donors (Lipinski definition) is 1. The predicted molar refractivity (Wildman–Crippen MR) is 66.0 cm³/mol. The lowest BCUT2D eigenvalue weighted by Gasteiger charge is -2.30. The van der Waals surface area contributed by atoms with Crippen molar-refractivity contribution < 1.29 is 19.4 Å². The molecule has 17 heavy (non-hydrogen) atoms. The Labute approximate surface area is 104 Å². The number of amides is 1. The van der Waals surface area contributed by atoms with Crippen molar-refractivity contribution in [3.8, 4) is 0 Å². The van der Waals surface area contributed by atoms with Crippen LogP contribution in [-0.2, 0) is 9.47 Å². The summed E-state index contributed by atoms with van der Waals surface area (Å²) in [4.78, 5) is 13.1. The lowest BCUT2D eigenvalue weighted by Crippen LogP contribution is -2.45. The number of hydrogen-bond acceptors (Lipinski definition) is 4. The molecule has 0 bridgehead atoms. The van der Waals surface area contributed by atoms with Gasteiger partial charge in [-0.25, -0.2) is 4.79 Å². The van der Waals surface area contributed by atoms with Crippen molar-refractivity contribution in [1.29, 1.82) is 0 Å². The third-order valence-electron chi connectivity index (χ3n) is 2.06. The first kappa shape index (κ1) is 16.2. The highest BCUT2D eigenvalue weighted by Crippen LogP contribution is 2.11. The molecule has 0 radical (unpaired) electrons. The minimum absolute atomic E-state index is 0.0658. The highest BCUT2D eigenvalue weighted by Gasteiger charge is 2.25. The monoisotopic (exact) mass is 247 g/mol. The highest BCUT2D eigenvalue weighted by molar-refractivity contribution is 5.68. The van der Waals surface area contributed by atoms with Crippen LogP contribution in [0.1, 0.15) is 34.6 Å². The summed E-state index contributed by atoms with van der Waals surface area (Å²) >= 11 is 0. The lowest BCUT2D eigenvalue weighted by molar-refractivity contribution is -0.0127. The van der Waals surface area contributed by atoms with E-state index in [0.29, 0.717) is 6.61 Å². The number of aliphatic hydroxyl groups excluding tert-OH is 1. The summed E-state index contributed by atoms with van der Waals surface area (Å²) in [5, 5.41) is 9.23. The molecule has 5 nitrogen and oxygen atoms in total. The van der Waals surface area contributed by atoms with Gasteiger partial charge in [0.15, 0.2) is 0 Å². The molecule has 0 rings (SSSR count). The van der Waals surface area contributed by atoms with E-state index in [1.54, 1.807) is 27.8 Å². The number of carbonyl (C=O) groups is 1. The van der Waals surface area contributed by atoms with Crippen LogP contribution in [-0.4, -0.2) is 54.1 Å². The molecular formula is C12H25NO4. The Balaban J connectivity index is 4.32. The Bertz CT molecular complexity index is 235. The second-order valence-corrected chi connectivity index (χ2v) is 5.31. The van der Waals surface area contributed by atoms with Gasteiger partial charge in [0.2, 0.25) is 0 Å². The molecule has 0 aromatic carbocycles. The van der Waals surface area contributed by atoms with Crippen LogP contribution in [0.3, 0.4) is 0 Å². The molecule has 0 aromatic rings. The summed E-state index contributed by atoms with van der Waals surface area (Å²) in [6.07, 6.45) is -0.389. The maximum absolute atomic E-state index is 11.7. The van der Waals surface area contributed by atoms with Gasteiger partial charge in [-0.1, -0.05) is 0 Å². The average Bonchev–Trinajstić information content (AvgIpc) is 2.15. The van der Waals surface area contributed by atoms with Crippen molar-refractivity contribution >= 4 is 6.09 Å². The fourth-order valence-electron chi connectivity index (χ4n) is 1.07. The van der Waals surface area contributed by atoms with Crippen LogP contribution in [0.2, 0.25) is 0 Å². The van der Waals surface area contributed by atoms with Gasteiger partial charge < -0.3 is 19.5 Å². The Morgan fingerprint density at radius 1 is 1.35 bits per heavy atom. The van der Waals surface area contributed by atoms with Crippen molar-refractivity contribution in [2.75, 3.05) is 20.3 Å². The summed E-state index contributed by atoms with van der Waals surface area (Å²) in [6, 6.07) is -0.382. The smallest absolute Gasteiger partial charge is 0.410 e. The summed E-state index contributed by atoms with van der Waals surface area (Å²) in [6.45, 7) is 9.36. The molecule has 1 unspecified atom stereocenters. The fourth-order valence-corrected chi connectivity index (χ4v) is 1.07. The van der Waals surface area contributed by atoms with Gasteiger partial charge in [-0.05, 0) is 34.6 Å². The van der Waals surface area contributed by atoms with E-state index in [4.69, 9.17) is 9.47 Å². The third-order valence-corrected chi connectivity index (χ3v) is 2.06. The molecule has 0 heterocycles. The molecule has 0 saturated carbocycles. The molecule has 0 spiro atoms. The summed E-state index contributed by atoms with van der Waals surface area (Å²) in [7, 11) is 1.60. The third kappa shape index (κ3) is 7.18. The largest absolute Gasteiger partial charge is 0.444 e. The molecule has 0 saturated heterocycles. The molecule has 0 aliphatic heterocycles.